The summed E-state index contributed by atoms with van der Waals surface area (Å²) < 4.78 is 11.0. The van der Waals surface area contributed by atoms with Crippen molar-refractivity contribution >= 4 is 0 Å². The van der Waals surface area contributed by atoms with Crippen LogP contribution in [0, 0.1) is 0 Å². The Labute approximate surface area is 110 Å². The topological polar surface area (TPSA) is 30.5 Å². The van der Waals surface area contributed by atoms with Crippen molar-refractivity contribution in [1.29, 1.82) is 0 Å². The van der Waals surface area contributed by atoms with Gasteiger partial charge in [-0.25, -0.2) is 0 Å². The molecule has 2 atom stereocenters. The largest absolute Gasteiger partial charge is 0.496 e. The normalized spacial score (nSPS) is 14.2. The van der Waals surface area contributed by atoms with Crippen LogP contribution in [-0.2, 0) is 11.2 Å². The van der Waals surface area contributed by atoms with Crippen molar-refractivity contribution in [3.8, 4) is 5.75 Å². The second-order valence-electron chi connectivity index (χ2n) is 4.36. The van der Waals surface area contributed by atoms with Crippen molar-refractivity contribution in [1.82, 2.24) is 5.32 Å². The van der Waals surface area contributed by atoms with Crippen LogP contribution in [-0.4, -0.2) is 32.9 Å². The third-order valence-corrected chi connectivity index (χ3v) is 3.25. The van der Waals surface area contributed by atoms with E-state index in [2.05, 4.69) is 31.3 Å². The first kappa shape index (κ1) is 15.0. The van der Waals surface area contributed by atoms with Gasteiger partial charge in [-0.15, -0.1) is 0 Å². The molecular formula is C15H25NO2. The molecule has 0 aliphatic heterocycles. The molecule has 0 amide bonds. The number of hydrogen-bond acceptors (Lipinski definition) is 3. The van der Waals surface area contributed by atoms with Gasteiger partial charge in [0.2, 0.25) is 0 Å². The Bertz CT molecular complexity index is 337. The van der Waals surface area contributed by atoms with Crippen LogP contribution in [0.15, 0.2) is 24.3 Å². The van der Waals surface area contributed by atoms with E-state index in [1.165, 1.54) is 5.56 Å². The van der Waals surface area contributed by atoms with Crippen LogP contribution in [0.3, 0.4) is 0 Å². The molecule has 0 heterocycles. The van der Waals surface area contributed by atoms with Gasteiger partial charge in [0.1, 0.15) is 5.75 Å². The molecule has 0 spiro atoms. The fourth-order valence-corrected chi connectivity index (χ4v) is 2.32. The molecule has 102 valence electrons. The summed E-state index contributed by atoms with van der Waals surface area (Å²) in [6.07, 6.45) is 2.16. The highest BCUT2D eigenvalue weighted by molar-refractivity contribution is 5.34. The van der Waals surface area contributed by atoms with Crippen LogP contribution in [0.5, 0.6) is 5.75 Å². The number of hydrogen-bond donors (Lipinski definition) is 1. The molecule has 0 saturated heterocycles. The average molecular weight is 251 g/mol. The second-order valence-corrected chi connectivity index (χ2v) is 4.36. The van der Waals surface area contributed by atoms with E-state index in [0.29, 0.717) is 6.04 Å². The molecular weight excluding hydrogens is 226 g/mol. The maximum atomic E-state index is 5.56. The van der Waals surface area contributed by atoms with E-state index in [-0.39, 0.29) is 6.10 Å². The van der Waals surface area contributed by atoms with E-state index < -0.39 is 0 Å². The molecule has 18 heavy (non-hydrogen) atoms. The summed E-state index contributed by atoms with van der Waals surface area (Å²) >= 11 is 0. The van der Waals surface area contributed by atoms with Crippen LogP contribution in [0.1, 0.15) is 25.8 Å². The number of likely N-dealkylation sites (N-methyl/N-ethyl adjacent to an activating group) is 1. The number of rotatable bonds is 8. The molecule has 1 N–H and O–H groups in total. The zero-order chi connectivity index (χ0) is 13.4. The van der Waals surface area contributed by atoms with Gasteiger partial charge in [-0.3, -0.25) is 0 Å². The third-order valence-electron chi connectivity index (χ3n) is 3.25. The molecule has 0 aromatic heterocycles. The fraction of sp³-hybridized carbons (Fsp3) is 0.600. The summed E-state index contributed by atoms with van der Waals surface area (Å²) in [6.45, 7) is 5.22. The third kappa shape index (κ3) is 4.00. The minimum atomic E-state index is 0.231. The fourth-order valence-electron chi connectivity index (χ4n) is 2.32. The van der Waals surface area contributed by atoms with Crippen LogP contribution >= 0.6 is 0 Å². The van der Waals surface area contributed by atoms with Crippen molar-refractivity contribution in [2.24, 2.45) is 0 Å². The van der Waals surface area contributed by atoms with Gasteiger partial charge in [0.25, 0.3) is 0 Å². The zero-order valence-electron chi connectivity index (χ0n) is 11.9. The van der Waals surface area contributed by atoms with Gasteiger partial charge in [-0.2, -0.15) is 0 Å². The molecule has 2 unspecified atom stereocenters. The van der Waals surface area contributed by atoms with Gasteiger partial charge < -0.3 is 14.8 Å². The molecule has 1 aromatic carbocycles. The SMILES string of the molecule is CCNC(Cc1ccccc1OC)C(CC)OC. The highest BCUT2D eigenvalue weighted by Crippen LogP contribution is 2.20. The molecule has 0 radical (unpaired) electrons. The minimum absolute atomic E-state index is 0.231. The van der Waals surface area contributed by atoms with E-state index in [1.54, 1.807) is 14.2 Å². The molecule has 0 bridgehead atoms. The molecule has 3 nitrogen and oxygen atoms in total. The Morgan fingerprint density at radius 2 is 1.89 bits per heavy atom. The van der Waals surface area contributed by atoms with Gasteiger partial charge in [0.15, 0.2) is 0 Å². The number of benzene rings is 1. The number of methoxy groups -OCH3 is 2. The maximum absolute atomic E-state index is 5.56. The Hall–Kier alpha value is -1.06. The minimum Gasteiger partial charge on any atom is -0.496 e. The second kappa shape index (κ2) is 8.11. The summed E-state index contributed by atoms with van der Waals surface area (Å²) in [7, 11) is 3.50. The number of nitrogens with one attached hydrogen (secondary N) is 1. The van der Waals surface area contributed by atoms with E-state index in [0.717, 1.165) is 25.1 Å². The smallest absolute Gasteiger partial charge is 0.122 e. The number of ether oxygens (including phenoxy) is 2. The monoisotopic (exact) mass is 251 g/mol. The Morgan fingerprint density at radius 3 is 2.44 bits per heavy atom. The van der Waals surface area contributed by atoms with Crippen molar-refractivity contribution in [2.75, 3.05) is 20.8 Å². The quantitative estimate of drug-likeness (QED) is 0.770. The van der Waals surface area contributed by atoms with Crippen molar-refractivity contribution in [3.63, 3.8) is 0 Å². The van der Waals surface area contributed by atoms with Crippen LogP contribution < -0.4 is 10.1 Å². The molecule has 0 fully saturated rings. The van der Waals surface area contributed by atoms with E-state index in [1.807, 2.05) is 12.1 Å². The summed E-state index contributed by atoms with van der Waals surface area (Å²) in [6, 6.07) is 8.49. The molecule has 0 aliphatic rings. The van der Waals surface area contributed by atoms with E-state index in [9.17, 15) is 0 Å². The summed E-state index contributed by atoms with van der Waals surface area (Å²) in [4.78, 5) is 0. The zero-order valence-corrected chi connectivity index (χ0v) is 11.9. The van der Waals surface area contributed by atoms with Gasteiger partial charge >= 0.3 is 0 Å². The van der Waals surface area contributed by atoms with E-state index >= 15 is 0 Å². The van der Waals surface area contributed by atoms with Crippen molar-refractivity contribution < 1.29 is 9.47 Å². The maximum Gasteiger partial charge on any atom is 0.122 e. The van der Waals surface area contributed by atoms with E-state index in [4.69, 9.17) is 9.47 Å². The molecule has 1 rings (SSSR count). The highest BCUT2D eigenvalue weighted by Gasteiger charge is 2.20. The Balaban J connectivity index is 2.81. The van der Waals surface area contributed by atoms with Crippen LogP contribution in [0.25, 0.3) is 0 Å². The summed E-state index contributed by atoms with van der Waals surface area (Å²) in [5, 5.41) is 3.50. The van der Waals surface area contributed by atoms with Crippen LogP contribution in [0.4, 0.5) is 0 Å². The Morgan fingerprint density at radius 1 is 1.17 bits per heavy atom. The first-order chi connectivity index (χ1) is 8.76. The Kier molecular flexibility index (Phi) is 6.76. The summed E-state index contributed by atoms with van der Waals surface area (Å²) in [5.74, 6) is 0.950. The highest BCUT2D eigenvalue weighted by atomic mass is 16.5. The number of para-hydroxylation sites is 1. The van der Waals surface area contributed by atoms with Crippen molar-refractivity contribution in [3.05, 3.63) is 29.8 Å². The van der Waals surface area contributed by atoms with Gasteiger partial charge in [0.05, 0.1) is 13.2 Å². The lowest BCUT2D eigenvalue weighted by Gasteiger charge is -2.26. The summed E-state index contributed by atoms with van der Waals surface area (Å²) in [5.41, 5.74) is 1.22. The van der Waals surface area contributed by atoms with Crippen molar-refractivity contribution in [2.45, 2.75) is 38.8 Å². The standard InChI is InChI=1S/C15H25NO2/c1-5-14(17-3)13(16-6-2)11-12-9-7-8-10-15(12)18-4/h7-10,13-14,16H,5-6,11H2,1-4H3. The lowest BCUT2D eigenvalue weighted by molar-refractivity contribution is 0.0657. The first-order valence-corrected chi connectivity index (χ1v) is 6.64. The first-order valence-electron chi connectivity index (χ1n) is 6.64. The molecule has 0 aliphatic carbocycles. The molecule has 0 saturated carbocycles. The molecule has 1 aromatic rings. The average Bonchev–Trinajstić information content (AvgIpc) is 2.41. The lowest BCUT2D eigenvalue weighted by atomic mass is 9.99. The van der Waals surface area contributed by atoms with Gasteiger partial charge in [0, 0.05) is 13.2 Å². The van der Waals surface area contributed by atoms with Gasteiger partial charge in [-0.1, -0.05) is 32.0 Å². The molecule has 3 heteroatoms. The predicted octanol–water partition coefficient (Wildman–Crippen LogP) is 2.64. The lowest BCUT2D eigenvalue weighted by Crippen LogP contribution is -2.42. The van der Waals surface area contributed by atoms with Gasteiger partial charge in [-0.05, 0) is 31.0 Å². The van der Waals surface area contributed by atoms with Crippen LogP contribution in [0.2, 0.25) is 0 Å². The predicted molar refractivity (Wildman–Crippen MR) is 75.3 cm³/mol.